The smallest absolute Gasteiger partial charge is 0.0669 e. The summed E-state index contributed by atoms with van der Waals surface area (Å²) in [6.07, 6.45) is 0.440. The van der Waals surface area contributed by atoms with Gasteiger partial charge in [-0.15, -0.1) is 0 Å². The van der Waals surface area contributed by atoms with Crippen molar-refractivity contribution in [1.29, 1.82) is 5.26 Å². The average Bonchev–Trinajstić information content (AvgIpc) is 2.40. The van der Waals surface area contributed by atoms with Crippen LogP contribution in [0.1, 0.15) is 16.7 Å². The fourth-order valence-corrected chi connectivity index (χ4v) is 1.77. The Balaban J connectivity index is 2.32. The van der Waals surface area contributed by atoms with Crippen molar-refractivity contribution in [3.05, 3.63) is 77.9 Å². The van der Waals surface area contributed by atoms with E-state index in [9.17, 15) is 0 Å². The van der Waals surface area contributed by atoms with Crippen molar-refractivity contribution in [3.8, 4) is 6.07 Å². The molecule has 2 aromatic rings. The van der Waals surface area contributed by atoms with Crippen LogP contribution >= 0.6 is 0 Å². The molecule has 1 heteroatoms. The summed E-state index contributed by atoms with van der Waals surface area (Å²) in [7, 11) is 0. The molecule has 0 spiro atoms. The first kappa shape index (κ1) is 11.2. The maximum atomic E-state index is 8.69. The molecule has 2 aromatic carbocycles. The highest BCUT2D eigenvalue weighted by atomic mass is 14.2. The third kappa shape index (κ3) is 2.62. The Bertz CT molecular complexity index is 562. The van der Waals surface area contributed by atoms with Gasteiger partial charge >= 0.3 is 0 Å². The number of nitriles is 1. The predicted octanol–water partition coefficient (Wildman–Crippen LogP) is 3.81. The van der Waals surface area contributed by atoms with Gasteiger partial charge in [0.15, 0.2) is 0 Å². The molecule has 0 bridgehead atoms. The number of hydrogen-bond acceptors (Lipinski definition) is 1. The average molecular weight is 219 g/mol. The topological polar surface area (TPSA) is 23.8 Å². The zero-order chi connectivity index (χ0) is 12.1. The summed E-state index contributed by atoms with van der Waals surface area (Å²) in [5.74, 6) is 0. The summed E-state index contributed by atoms with van der Waals surface area (Å²) in [6.45, 7) is 4.11. The molecule has 0 fully saturated rings. The molecule has 0 heterocycles. The van der Waals surface area contributed by atoms with E-state index in [4.69, 9.17) is 5.26 Å². The molecule has 0 saturated carbocycles. The Kier molecular flexibility index (Phi) is 3.37. The number of nitrogens with zero attached hydrogens (tertiary/aromatic N) is 1. The summed E-state index contributed by atoms with van der Waals surface area (Å²) in [4.78, 5) is 0. The SMILES string of the molecule is C=C(c1ccccc1)c1cccc(CC#N)c1. The van der Waals surface area contributed by atoms with Crippen molar-refractivity contribution in [2.45, 2.75) is 6.42 Å². The second-order valence-corrected chi connectivity index (χ2v) is 3.88. The van der Waals surface area contributed by atoms with E-state index in [1.54, 1.807) is 0 Å². The van der Waals surface area contributed by atoms with Crippen molar-refractivity contribution in [1.82, 2.24) is 0 Å². The second kappa shape index (κ2) is 5.14. The first-order valence-electron chi connectivity index (χ1n) is 5.52. The van der Waals surface area contributed by atoms with Crippen molar-refractivity contribution in [3.63, 3.8) is 0 Å². The van der Waals surface area contributed by atoms with Crippen LogP contribution in [0.5, 0.6) is 0 Å². The Morgan fingerprint density at radius 3 is 2.41 bits per heavy atom. The number of hydrogen-bond donors (Lipinski definition) is 0. The largest absolute Gasteiger partial charge is 0.198 e. The minimum atomic E-state index is 0.440. The van der Waals surface area contributed by atoms with Gasteiger partial charge in [0.2, 0.25) is 0 Å². The standard InChI is InChI=1S/C16H13N/c1-13(15-7-3-2-4-8-15)16-9-5-6-14(12-16)10-11-17/h2-9,12H,1,10H2. The molecule has 0 radical (unpaired) electrons. The van der Waals surface area contributed by atoms with Crippen molar-refractivity contribution < 1.29 is 0 Å². The highest BCUT2D eigenvalue weighted by Gasteiger charge is 2.02. The molecule has 0 aliphatic rings. The molecule has 0 amide bonds. The molecule has 0 aromatic heterocycles. The maximum absolute atomic E-state index is 8.69. The summed E-state index contributed by atoms with van der Waals surface area (Å²) < 4.78 is 0. The minimum absolute atomic E-state index is 0.440. The van der Waals surface area contributed by atoms with E-state index >= 15 is 0 Å². The van der Waals surface area contributed by atoms with Gasteiger partial charge in [0.1, 0.15) is 0 Å². The first-order valence-corrected chi connectivity index (χ1v) is 5.52. The zero-order valence-electron chi connectivity index (χ0n) is 9.56. The lowest BCUT2D eigenvalue weighted by Crippen LogP contribution is -1.88. The number of rotatable bonds is 3. The highest BCUT2D eigenvalue weighted by Crippen LogP contribution is 2.22. The lowest BCUT2D eigenvalue weighted by atomic mass is 9.97. The third-order valence-electron chi connectivity index (χ3n) is 2.68. The maximum Gasteiger partial charge on any atom is 0.0669 e. The summed E-state index contributed by atoms with van der Waals surface area (Å²) in [5.41, 5.74) is 4.21. The molecule has 17 heavy (non-hydrogen) atoms. The van der Waals surface area contributed by atoms with Crippen LogP contribution in [0, 0.1) is 11.3 Å². The van der Waals surface area contributed by atoms with Crippen LogP contribution in [0.2, 0.25) is 0 Å². The van der Waals surface area contributed by atoms with Crippen molar-refractivity contribution >= 4 is 5.57 Å². The van der Waals surface area contributed by atoms with E-state index in [0.717, 1.165) is 22.3 Å². The first-order chi connectivity index (χ1) is 8.31. The van der Waals surface area contributed by atoms with E-state index in [0.29, 0.717) is 6.42 Å². The molecule has 0 atom stereocenters. The molecule has 2 rings (SSSR count). The molecule has 0 aliphatic heterocycles. The zero-order valence-corrected chi connectivity index (χ0v) is 9.56. The Morgan fingerprint density at radius 1 is 1.00 bits per heavy atom. The third-order valence-corrected chi connectivity index (χ3v) is 2.68. The van der Waals surface area contributed by atoms with Crippen LogP contribution in [0.3, 0.4) is 0 Å². The van der Waals surface area contributed by atoms with Crippen LogP contribution in [-0.4, -0.2) is 0 Å². The fourth-order valence-electron chi connectivity index (χ4n) is 1.77. The van der Waals surface area contributed by atoms with Crippen LogP contribution in [0.15, 0.2) is 61.2 Å². The van der Waals surface area contributed by atoms with Gasteiger partial charge in [-0.25, -0.2) is 0 Å². The van der Waals surface area contributed by atoms with Crippen LogP contribution in [0.25, 0.3) is 5.57 Å². The molecule has 0 unspecified atom stereocenters. The summed E-state index contributed by atoms with van der Waals surface area (Å²) in [5, 5.41) is 8.69. The second-order valence-electron chi connectivity index (χ2n) is 3.88. The van der Waals surface area contributed by atoms with E-state index < -0.39 is 0 Å². The van der Waals surface area contributed by atoms with Crippen LogP contribution < -0.4 is 0 Å². The van der Waals surface area contributed by atoms with Gasteiger partial charge in [-0.2, -0.15) is 5.26 Å². The molecule has 0 aliphatic carbocycles. The molecule has 82 valence electrons. The van der Waals surface area contributed by atoms with Crippen molar-refractivity contribution in [2.75, 3.05) is 0 Å². The molecule has 0 saturated heterocycles. The molecular formula is C16H13N. The van der Waals surface area contributed by atoms with Crippen molar-refractivity contribution in [2.24, 2.45) is 0 Å². The quantitative estimate of drug-likeness (QED) is 0.770. The fraction of sp³-hybridized carbons (Fsp3) is 0.0625. The van der Waals surface area contributed by atoms with Gasteiger partial charge in [0.05, 0.1) is 12.5 Å². The lowest BCUT2D eigenvalue weighted by molar-refractivity contribution is 1.26. The monoisotopic (exact) mass is 219 g/mol. The Labute approximate surface area is 102 Å². The Morgan fingerprint density at radius 2 is 1.71 bits per heavy atom. The molecular weight excluding hydrogens is 206 g/mol. The molecule has 1 nitrogen and oxygen atoms in total. The van der Waals surface area contributed by atoms with E-state index in [2.05, 4.69) is 12.6 Å². The predicted molar refractivity (Wildman–Crippen MR) is 70.3 cm³/mol. The Hall–Kier alpha value is -2.33. The normalized spacial score (nSPS) is 9.59. The molecule has 0 N–H and O–H groups in total. The minimum Gasteiger partial charge on any atom is -0.198 e. The van der Waals surface area contributed by atoms with Gasteiger partial charge < -0.3 is 0 Å². The van der Waals surface area contributed by atoms with Gasteiger partial charge in [-0.1, -0.05) is 61.2 Å². The number of benzene rings is 2. The van der Waals surface area contributed by atoms with Gasteiger partial charge in [-0.3, -0.25) is 0 Å². The summed E-state index contributed by atoms with van der Waals surface area (Å²) in [6, 6.07) is 20.2. The van der Waals surface area contributed by atoms with E-state index in [1.165, 1.54) is 0 Å². The van der Waals surface area contributed by atoms with Gasteiger partial charge in [0, 0.05) is 0 Å². The highest BCUT2D eigenvalue weighted by molar-refractivity contribution is 5.78. The van der Waals surface area contributed by atoms with Gasteiger partial charge in [0.25, 0.3) is 0 Å². The van der Waals surface area contributed by atoms with Crippen LogP contribution in [0.4, 0.5) is 0 Å². The van der Waals surface area contributed by atoms with E-state index in [-0.39, 0.29) is 0 Å². The van der Waals surface area contributed by atoms with Gasteiger partial charge in [-0.05, 0) is 22.3 Å². The summed E-state index contributed by atoms with van der Waals surface area (Å²) >= 11 is 0. The van der Waals surface area contributed by atoms with E-state index in [1.807, 2.05) is 54.6 Å². The lowest BCUT2D eigenvalue weighted by Gasteiger charge is -2.07. The van der Waals surface area contributed by atoms with Crippen LogP contribution in [-0.2, 0) is 6.42 Å².